The lowest BCUT2D eigenvalue weighted by Gasteiger charge is -2.27. The molecule has 0 bridgehead atoms. The maximum Gasteiger partial charge on any atom is 0.236 e. The monoisotopic (exact) mass is 386 g/mol. The van der Waals surface area contributed by atoms with Crippen LogP contribution in [0.5, 0.6) is 11.5 Å². The molecule has 3 aromatic rings. The zero-order valence-corrected chi connectivity index (χ0v) is 16.4. The molecule has 146 valence electrons. The van der Waals surface area contributed by atoms with Crippen molar-refractivity contribution in [3.05, 3.63) is 89.5 Å². The maximum absolute atomic E-state index is 13.2. The van der Waals surface area contributed by atoms with Crippen LogP contribution >= 0.6 is 0 Å². The van der Waals surface area contributed by atoms with Crippen LogP contribution in [0.4, 0.5) is 5.69 Å². The Morgan fingerprint density at radius 2 is 1.41 bits per heavy atom. The van der Waals surface area contributed by atoms with Gasteiger partial charge in [0.25, 0.3) is 0 Å². The molecule has 1 aliphatic rings. The molecule has 0 fully saturated rings. The number of hydrogen-bond acceptors (Lipinski definition) is 3. The van der Waals surface area contributed by atoms with Gasteiger partial charge in [0, 0.05) is 30.9 Å². The van der Waals surface area contributed by atoms with E-state index < -0.39 is 5.92 Å². The molecule has 0 saturated carbocycles. The second-order valence-corrected chi connectivity index (χ2v) is 7.26. The van der Waals surface area contributed by atoms with E-state index in [9.17, 15) is 9.59 Å². The summed E-state index contributed by atoms with van der Waals surface area (Å²) in [5.74, 6) is 0.862. The lowest BCUT2D eigenvalue weighted by Crippen LogP contribution is -2.25. The minimum Gasteiger partial charge on any atom is -0.457 e. The van der Waals surface area contributed by atoms with Crippen LogP contribution in [0.15, 0.2) is 72.8 Å². The number of anilines is 1. The number of rotatable bonds is 4. The highest BCUT2D eigenvalue weighted by atomic mass is 16.5. The zero-order chi connectivity index (χ0) is 20.4. The summed E-state index contributed by atoms with van der Waals surface area (Å²) in [7, 11) is 3.47. The van der Waals surface area contributed by atoms with Crippen molar-refractivity contribution >= 4 is 17.5 Å². The van der Waals surface area contributed by atoms with Gasteiger partial charge in [-0.2, -0.15) is 0 Å². The van der Waals surface area contributed by atoms with Crippen LogP contribution in [0.1, 0.15) is 22.6 Å². The molecule has 0 aliphatic carbocycles. The lowest BCUT2D eigenvalue weighted by molar-refractivity contribution is -0.128. The minimum absolute atomic E-state index is 0.0391. The predicted octanol–water partition coefficient (Wildman–Crippen LogP) is 4.19. The van der Waals surface area contributed by atoms with E-state index in [0.29, 0.717) is 23.6 Å². The van der Waals surface area contributed by atoms with Gasteiger partial charge in [-0.1, -0.05) is 48.5 Å². The topological polar surface area (TPSA) is 58.6 Å². The van der Waals surface area contributed by atoms with E-state index in [-0.39, 0.29) is 11.8 Å². The van der Waals surface area contributed by atoms with Crippen LogP contribution in [-0.4, -0.2) is 30.8 Å². The van der Waals surface area contributed by atoms with Gasteiger partial charge in [-0.25, -0.2) is 0 Å². The Bertz CT molecular complexity index is 1010. The van der Waals surface area contributed by atoms with Gasteiger partial charge < -0.3 is 15.0 Å². The number of likely N-dealkylation sites (N-methyl/N-ethyl adjacent to an activating group) is 1. The highest BCUT2D eigenvalue weighted by Crippen LogP contribution is 2.44. The SMILES string of the molecule is CN(C)C(=O)Cc1ccc(NC(=O)C2c3ccccc3Oc3ccccc32)cc1. The van der Waals surface area contributed by atoms with E-state index in [0.717, 1.165) is 16.7 Å². The first-order valence-electron chi connectivity index (χ1n) is 9.48. The molecule has 2 amide bonds. The highest BCUT2D eigenvalue weighted by Gasteiger charge is 2.32. The average molecular weight is 386 g/mol. The summed E-state index contributed by atoms with van der Waals surface area (Å²) in [5.41, 5.74) is 3.29. The molecule has 29 heavy (non-hydrogen) atoms. The number of carbonyl (C=O) groups excluding carboxylic acids is 2. The van der Waals surface area contributed by atoms with E-state index in [1.54, 1.807) is 19.0 Å². The Hall–Kier alpha value is -3.60. The second kappa shape index (κ2) is 7.80. The molecule has 0 radical (unpaired) electrons. The van der Waals surface area contributed by atoms with Gasteiger partial charge in [-0.3, -0.25) is 9.59 Å². The zero-order valence-electron chi connectivity index (χ0n) is 16.4. The summed E-state index contributed by atoms with van der Waals surface area (Å²) in [4.78, 5) is 26.6. The molecule has 5 nitrogen and oxygen atoms in total. The first-order valence-corrected chi connectivity index (χ1v) is 9.48. The molecule has 4 rings (SSSR count). The average Bonchev–Trinajstić information content (AvgIpc) is 2.73. The van der Waals surface area contributed by atoms with Crippen molar-refractivity contribution in [3.8, 4) is 11.5 Å². The molecule has 1 heterocycles. The van der Waals surface area contributed by atoms with Crippen LogP contribution in [0, 0.1) is 0 Å². The van der Waals surface area contributed by atoms with Gasteiger partial charge in [0.2, 0.25) is 11.8 Å². The number of hydrogen-bond donors (Lipinski definition) is 1. The normalized spacial score (nSPS) is 12.3. The number of nitrogens with zero attached hydrogens (tertiary/aromatic N) is 1. The first kappa shape index (κ1) is 18.7. The van der Waals surface area contributed by atoms with Crippen molar-refractivity contribution < 1.29 is 14.3 Å². The summed E-state index contributed by atoms with van der Waals surface area (Å²) >= 11 is 0. The van der Waals surface area contributed by atoms with E-state index in [1.807, 2.05) is 72.8 Å². The summed E-state index contributed by atoms with van der Waals surface area (Å²) in [6.45, 7) is 0. The van der Waals surface area contributed by atoms with Crippen LogP contribution in [0.2, 0.25) is 0 Å². The minimum atomic E-state index is -0.453. The van der Waals surface area contributed by atoms with Crippen LogP contribution in [0.25, 0.3) is 0 Å². The summed E-state index contributed by atoms with van der Waals surface area (Å²) < 4.78 is 5.96. The smallest absolute Gasteiger partial charge is 0.236 e. The Kier molecular flexibility index (Phi) is 5.04. The molecule has 1 N–H and O–H groups in total. The Morgan fingerprint density at radius 3 is 1.97 bits per heavy atom. The van der Waals surface area contributed by atoms with Gasteiger partial charge in [0.15, 0.2) is 0 Å². The molecule has 0 atom stereocenters. The quantitative estimate of drug-likeness (QED) is 0.731. The predicted molar refractivity (Wildman–Crippen MR) is 112 cm³/mol. The second-order valence-electron chi connectivity index (χ2n) is 7.26. The molecule has 3 aromatic carbocycles. The highest BCUT2D eigenvalue weighted by molar-refractivity contribution is 5.99. The van der Waals surface area contributed by atoms with Gasteiger partial charge in [0.1, 0.15) is 11.5 Å². The number of para-hydroxylation sites is 2. The lowest BCUT2D eigenvalue weighted by atomic mass is 9.87. The third-order valence-electron chi connectivity index (χ3n) is 5.02. The Labute approximate surface area is 169 Å². The fraction of sp³-hybridized carbons (Fsp3) is 0.167. The Morgan fingerprint density at radius 1 is 0.862 bits per heavy atom. The molecular weight excluding hydrogens is 364 g/mol. The number of benzene rings is 3. The van der Waals surface area contributed by atoms with E-state index in [2.05, 4.69) is 5.32 Å². The molecule has 0 saturated heterocycles. The number of amides is 2. The number of ether oxygens (including phenoxy) is 1. The van der Waals surface area contributed by atoms with E-state index in [4.69, 9.17) is 4.74 Å². The molecule has 5 heteroatoms. The summed E-state index contributed by atoms with van der Waals surface area (Å²) in [5, 5.41) is 3.01. The Balaban J connectivity index is 1.57. The van der Waals surface area contributed by atoms with Gasteiger partial charge in [-0.05, 0) is 29.8 Å². The van der Waals surface area contributed by atoms with Crippen molar-refractivity contribution in [1.82, 2.24) is 4.90 Å². The summed E-state index contributed by atoms with van der Waals surface area (Å²) in [6.07, 6.45) is 0.335. The van der Waals surface area contributed by atoms with E-state index in [1.165, 1.54) is 0 Å². The van der Waals surface area contributed by atoms with Crippen molar-refractivity contribution in [2.24, 2.45) is 0 Å². The number of carbonyl (C=O) groups is 2. The fourth-order valence-electron chi connectivity index (χ4n) is 3.45. The van der Waals surface area contributed by atoms with E-state index >= 15 is 0 Å². The molecule has 1 aliphatic heterocycles. The molecular formula is C24H22N2O3. The number of fused-ring (bicyclic) bond motifs is 2. The van der Waals surface area contributed by atoms with Gasteiger partial charge in [-0.15, -0.1) is 0 Å². The molecule has 0 spiro atoms. The number of nitrogens with one attached hydrogen (secondary N) is 1. The van der Waals surface area contributed by atoms with Crippen molar-refractivity contribution in [2.75, 3.05) is 19.4 Å². The largest absolute Gasteiger partial charge is 0.457 e. The van der Waals surface area contributed by atoms with Crippen molar-refractivity contribution in [1.29, 1.82) is 0 Å². The van der Waals surface area contributed by atoms with Crippen molar-refractivity contribution in [3.63, 3.8) is 0 Å². The van der Waals surface area contributed by atoms with Crippen LogP contribution in [-0.2, 0) is 16.0 Å². The first-order chi connectivity index (χ1) is 14.0. The van der Waals surface area contributed by atoms with Crippen molar-refractivity contribution in [2.45, 2.75) is 12.3 Å². The van der Waals surface area contributed by atoms with Gasteiger partial charge >= 0.3 is 0 Å². The maximum atomic E-state index is 13.2. The van der Waals surface area contributed by atoms with Crippen LogP contribution in [0.3, 0.4) is 0 Å². The summed E-state index contributed by atoms with van der Waals surface area (Å²) in [6, 6.07) is 22.6. The third kappa shape index (κ3) is 3.85. The van der Waals surface area contributed by atoms with Gasteiger partial charge in [0.05, 0.1) is 12.3 Å². The molecule has 0 aromatic heterocycles. The third-order valence-corrected chi connectivity index (χ3v) is 5.02. The molecule has 0 unspecified atom stereocenters. The standard InChI is InChI=1S/C24H22N2O3/c1-26(2)22(27)15-16-11-13-17(14-12-16)25-24(28)23-18-7-3-5-9-20(18)29-21-10-6-4-8-19(21)23/h3-14,23H,15H2,1-2H3,(H,25,28). The fourth-order valence-corrected chi connectivity index (χ4v) is 3.45. The van der Waals surface area contributed by atoms with Crippen LogP contribution < -0.4 is 10.1 Å².